The van der Waals surface area contributed by atoms with Gasteiger partial charge in [0, 0.05) is 18.9 Å². The minimum atomic E-state index is -0.0270. The lowest BCUT2D eigenvalue weighted by Gasteiger charge is -2.10. The number of nitrogens with zero attached hydrogens (tertiary/aromatic N) is 2. The van der Waals surface area contributed by atoms with Crippen LogP contribution in [0.3, 0.4) is 0 Å². The summed E-state index contributed by atoms with van der Waals surface area (Å²) in [7, 11) is 0. The largest absolute Gasteiger partial charge is 0.506 e. The Balaban J connectivity index is 2.68. The van der Waals surface area contributed by atoms with Crippen LogP contribution in [0.15, 0.2) is 27.4 Å². The summed E-state index contributed by atoms with van der Waals surface area (Å²) in [5.41, 5.74) is 0.563. The molecule has 1 aromatic carbocycles. The second-order valence-electron chi connectivity index (χ2n) is 3.45. The van der Waals surface area contributed by atoms with Gasteiger partial charge in [-0.2, -0.15) is 0 Å². The molecule has 0 bridgehead atoms. The standard InChI is InChI=1S/C11H10Br2N2O2/c1-2-15-4-3-14-11(15)6-5-7(12)10(17)8(13)9(6)16/h3-5,16-17H,2H2,1H3. The first-order chi connectivity index (χ1) is 8.06. The molecule has 6 heteroatoms. The summed E-state index contributed by atoms with van der Waals surface area (Å²) in [6.45, 7) is 2.75. The summed E-state index contributed by atoms with van der Waals surface area (Å²) in [6.07, 6.45) is 3.51. The minimum absolute atomic E-state index is 0.0217. The molecule has 1 heterocycles. The average Bonchev–Trinajstić information content (AvgIpc) is 2.79. The predicted molar refractivity (Wildman–Crippen MR) is 72.1 cm³/mol. The van der Waals surface area contributed by atoms with Crippen LogP contribution in [0.5, 0.6) is 11.5 Å². The molecule has 2 rings (SSSR count). The Morgan fingerprint density at radius 2 is 2.00 bits per heavy atom. The highest BCUT2D eigenvalue weighted by Gasteiger charge is 2.17. The fourth-order valence-electron chi connectivity index (χ4n) is 1.58. The van der Waals surface area contributed by atoms with Crippen molar-refractivity contribution >= 4 is 31.9 Å². The maximum Gasteiger partial charge on any atom is 0.147 e. The molecule has 17 heavy (non-hydrogen) atoms. The number of phenolic OH excluding ortho intramolecular Hbond substituents is 2. The molecule has 1 aromatic heterocycles. The molecule has 0 aliphatic heterocycles. The van der Waals surface area contributed by atoms with Crippen molar-refractivity contribution in [2.75, 3.05) is 0 Å². The number of rotatable bonds is 2. The Bertz CT molecular complexity index is 567. The van der Waals surface area contributed by atoms with Crippen LogP contribution in [0, 0.1) is 0 Å². The number of aryl methyl sites for hydroxylation is 1. The predicted octanol–water partition coefficient (Wildman–Crippen LogP) is 3.51. The summed E-state index contributed by atoms with van der Waals surface area (Å²) < 4.78 is 2.67. The third kappa shape index (κ3) is 2.07. The van der Waals surface area contributed by atoms with Crippen molar-refractivity contribution in [3.8, 4) is 22.9 Å². The van der Waals surface area contributed by atoms with E-state index in [-0.39, 0.29) is 16.0 Å². The second-order valence-corrected chi connectivity index (χ2v) is 5.10. The number of halogens is 2. The van der Waals surface area contributed by atoms with Gasteiger partial charge in [0.05, 0.1) is 10.0 Å². The van der Waals surface area contributed by atoms with Gasteiger partial charge in [-0.25, -0.2) is 4.98 Å². The second kappa shape index (κ2) is 4.70. The molecule has 0 saturated heterocycles. The molecular formula is C11H10Br2N2O2. The molecule has 0 saturated carbocycles. The van der Waals surface area contributed by atoms with Crippen LogP contribution in [-0.2, 0) is 6.54 Å². The van der Waals surface area contributed by atoms with Gasteiger partial charge in [-0.1, -0.05) is 0 Å². The van der Waals surface area contributed by atoms with Crippen LogP contribution in [0.1, 0.15) is 6.92 Å². The molecule has 2 N–H and O–H groups in total. The molecule has 2 aromatic rings. The van der Waals surface area contributed by atoms with Gasteiger partial charge in [-0.15, -0.1) is 0 Å². The van der Waals surface area contributed by atoms with E-state index in [1.54, 1.807) is 12.3 Å². The monoisotopic (exact) mass is 360 g/mol. The summed E-state index contributed by atoms with van der Waals surface area (Å²) in [6, 6.07) is 1.64. The van der Waals surface area contributed by atoms with E-state index >= 15 is 0 Å². The van der Waals surface area contributed by atoms with Gasteiger partial charge in [0.15, 0.2) is 0 Å². The minimum Gasteiger partial charge on any atom is -0.506 e. The lowest BCUT2D eigenvalue weighted by atomic mass is 10.2. The van der Waals surface area contributed by atoms with E-state index in [2.05, 4.69) is 36.8 Å². The lowest BCUT2D eigenvalue weighted by Crippen LogP contribution is -1.96. The quantitative estimate of drug-likeness (QED) is 0.860. The Morgan fingerprint density at radius 3 is 2.65 bits per heavy atom. The van der Waals surface area contributed by atoms with E-state index in [0.717, 1.165) is 6.54 Å². The van der Waals surface area contributed by atoms with Crippen LogP contribution in [0.2, 0.25) is 0 Å². The number of aromatic nitrogens is 2. The summed E-state index contributed by atoms with van der Waals surface area (Å²) in [5, 5.41) is 19.7. The van der Waals surface area contributed by atoms with Crippen molar-refractivity contribution in [2.45, 2.75) is 13.5 Å². The fraction of sp³-hybridized carbons (Fsp3) is 0.182. The molecule has 4 nitrogen and oxygen atoms in total. The maximum absolute atomic E-state index is 10.0. The van der Waals surface area contributed by atoms with Gasteiger partial charge in [-0.05, 0) is 44.8 Å². The number of aromatic hydroxyl groups is 2. The first-order valence-corrected chi connectivity index (χ1v) is 6.56. The van der Waals surface area contributed by atoms with Crippen LogP contribution in [0.25, 0.3) is 11.4 Å². The maximum atomic E-state index is 10.0. The number of hydrogen-bond acceptors (Lipinski definition) is 3. The van der Waals surface area contributed by atoms with Gasteiger partial charge in [0.1, 0.15) is 21.8 Å². The molecule has 0 atom stereocenters. The van der Waals surface area contributed by atoms with Crippen molar-refractivity contribution in [3.63, 3.8) is 0 Å². The third-order valence-corrected chi connectivity index (χ3v) is 3.82. The summed E-state index contributed by atoms with van der Waals surface area (Å²) in [5.74, 6) is 0.610. The molecule has 0 amide bonds. The van der Waals surface area contributed by atoms with Crippen molar-refractivity contribution < 1.29 is 10.2 Å². The highest BCUT2D eigenvalue weighted by Crippen LogP contribution is 2.44. The summed E-state index contributed by atoms with van der Waals surface area (Å²) >= 11 is 6.38. The van der Waals surface area contributed by atoms with Crippen molar-refractivity contribution in [3.05, 3.63) is 27.4 Å². The Hall–Kier alpha value is -1.01. The van der Waals surface area contributed by atoms with E-state index in [1.165, 1.54) is 0 Å². The lowest BCUT2D eigenvalue weighted by molar-refractivity contribution is 0.443. The van der Waals surface area contributed by atoms with Gasteiger partial charge in [0.25, 0.3) is 0 Å². The zero-order valence-electron chi connectivity index (χ0n) is 8.98. The summed E-state index contributed by atoms with van der Waals surface area (Å²) in [4.78, 5) is 4.21. The van der Waals surface area contributed by atoms with Crippen LogP contribution in [-0.4, -0.2) is 19.8 Å². The third-order valence-electron chi connectivity index (χ3n) is 2.47. The molecular weight excluding hydrogens is 352 g/mol. The zero-order chi connectivity index (χ0) is 12.6. The van der Waals surface area contributed by atoms with E-state index in [9.17, 15) is 10.2 Å². The van der Waals surface area contributed by atoms with Crippen molar-refractivity contribution in [2.24, 2.45) is 0 Å². The van der Waals surface area contributed by atoms with Gasteiger partial charge in [0.2, 0.25) is 0 Å². The van der Waals surface area contributed by atoms with E-state index in [1.807, 2.05) is 17.7 Å². The van der Waals surface area contributed by atoms with E-state index in [4.69, 9.17) is 0 Å². The van der Waals surface area contributed by atoms with Crippen molar-refractivity contribution in [1.29, 1.82) is 0 Å². The molecule has 0 fully saturated rings. The van der Waals surface area contributed by atoms with Crippen molar-refractivity contribution in [1.82, 2.24) is 9.55 Å². The van der Waals surface area contributed by atoms with Crippen LogP contribution in [0.4, 0.5) is 0 Å². The van der Waals surface area contributed by atoms with Gasteiger partial charge >= 0.3 is 0 Å². The number of hydrogen-bond donors (Lipinski definition) is 2. The first kappa shape index (κ1) is 12.4. The first-order valence-electron chi connectivity index (χ1n) is 4.97. The molecule has 0 unspecified atom stereocenters. The average molecular weight is 362 g/mol. The number of benzene rings is 1. The molecule has 0 spiro atoms. The van der Waals surface area contributed by atoms with E-state index < -0.39 is 0 Å². The Kier molecular flexibility index (Phi) is 3.44. The SMILES string of the molecule is CCn1ccnc1-c1cc(Br)c(O)c(Br)c1O. The smallest absolute Gasteiger partial charge is 0.147 e. The molecule has 0 radical (unpaired) electrons. The number of imidazole rings is 1. The topological polar surface area (TPSA) is 58.3 Å². The van der Waals surface area contributed by atoms with Gasteiger partial charge < -0.3 is 14.8 Å². The van der Waals surface area contributed by atoms with E-state index in [0.29, 0.717) is 15.9 Å². The van der Waals surface area contributed by atoms with Crippen LogP contribution < -0.4 is 0 Å². The Labute approximate surface area is 115 Å². The highest BCUT2D eigenvalue weighted by atomic mass is 79.9. The number of phenols is 2. The fourth-order valence-corrected chi connectivity index (χ4v) is 2.70. The zero-order valence-corrected chi connectivity index (χ0v) is 12.2. The highest BCUT2D eigenvalue weighted by molar-refractivity contribution is 9.11. The molecule has 0 aliphatic rings. The molecule has 90 valence electrons. The normalized spacial score (nSPS) is 10.8. The van der Waals surface area contributed by atoms with Gasteiger partial charge in [-0.3, -0.25) is 0 Å². The Morgan fingerprint density at radius 1 is 1.29 bits per heavy atom. The molecule has 0 aliphatic carbocycles. The van der Waals surface area contributed by atoms with Crippen LogP contribution >= 0.6 is 31.9 Å².